The molecule has 0 amide bonds. The fourth-order valence-electron chi connectivity index (χ4n) is 0.664. The van der Waals surface area contributed by atoms with E-state index in [0.717, 1.165) is 0 Å². The second-order valence-electron chi connectivity index (χ2n) is 2.25. The van der Waals surface area contributed by atoms with Crippen molar-refractivity contribution in [2.45, 2.75) is 13.0 Å². The summed E-state index contributed by atoms with van der Waals surface area (Å²) in [7, 11) is 0. The van der Waals surface area contributed by atoms with E-state index in [0.29, 0.717) is 6.54 Å². The highest BCUT2D eigenvalue weighted by molar-refractivity contribution is 5.79. The van der Waals surface area contributed by atoms with Crippen molar-refractivity contribution in [3.63, 3.8) is 0 Å². The molecule has 58 valence electrons. The highest BCUT2D eigenvalue weighted by atomic mass is 14.9. The number of allylic oxidation sites excluding steroid dienone is 1. The van der Waals surface area contributed by atoms with Crippen molar-refractivity contribution in [2.75, 3.05) is 6.54 Å². The second kappa shape index (κ2) is 4.55. The van der Waals surface area contributed by atoms with Crippen LogP contribution in [0, 0.1) is 0 Å². The lowest BCUT2D eigenvalue weighted by Crippen LogP contribution is -1.99. The summed E-state index contributed by atoms with van der Waals surface area (Å²) >= 11 is 0. The summed E-state index contributed by atoms with van der Waals surface area (Å²) in [6, 6.07) is 0.143. The molecule has 1 heterocycles. The third-order valence-corrected chi connectivity index (χ3v) is 1.20. The zero-order valence-corrected chi connectivity index (χ0v) is 6.51. The average molecular weight is 149 g/mol. The molecule has 1 unspecified atom stereocenters. The fraction of sp³-hybridized carbons (Fsp3) is 0.375. The van der Waals surface area contributed by atoms with Crippen LogP contribution in [-0.2, 0) is 0 Å². The van der Waals surface area contributed by atoms with Gasteiger partial charge in [-0.05, 0) is 13.0 Å². The summed E-state index contributed by atoms with van der Waals surface area (Å²) in [4.78, 5) is 12.1. The molecule has 3 nitrogen and oxygen atoms in total. The summed E-state index contributed by atoms with van der Waals surface area (Å²) in [6.07, 6.45) is 8.93. The van der Waals surface area contributed by atoms with Gasteiger partial charge in [-0.2, -0.15) is 0 Å². The van der Waals surface area contributed by atoms with E-state index in [9.17, 15) is 0 Å². The lowest BCUT2D eigenvalue weighted by Gasteiger charge is -1.94. The summed E-state index contributed by atoms with van der Waals surface area (Å²) in [5.41, 5.74) is 0. The molecule has 0 saturated carbocycles. The Morgan fingerprint density at radius 1 is 1.45 bits per heavy atom. The first kappa shape index (κ1) is 7.85. The molecule has 0 N–H and O–H groups in total. The van der Waals surface area contributed by atoms with Crippen LogP contribution >= 0.6 is 0 Å². The Balaban J connectivity index is 2.62. The van der Waals surface area contributed by atoms with Crippen LogP contribution in [0.2, 0.25) is 0 Å². The molecular formula is C8H11N3. The van der Waals surface area contributed by atoms with Gasteiger partial charge in [0.15, 0.2) is 0 Å². The van der Waals surface area contributed by atoms with Gasteiger partial charge in [-0.15, -0.1) is 0 Å². The number of hydrogen-bond acceptors (Lipinski definition) is 3. The number of hydrogen-bond donors (Lipinski definition) is 0. The van der Waals surface area contributed by atoms with E-state index in [1.807, 2.05) is 19.1 Å². The third-order valence-electron chi connectivity index (χ3n) is 1.20. The molecule has 0 fully saturated rings. The second-order valence-corrected chi connectivity index (χ2v) is 2.25. The van der Waals surface area contributed by atoms with Crippen molar-refractivity contribution < 1.29 is 0 Å². The van der Waals surface area contributed by atoms with Crippen molar-refractivity contribution >= 4 is 18.8 Å². The standard InChI is InChI=1S/C8H11N3/c1-8-6-10-7-9-4-2-3-5-11-8/h2-3,5-8H,4H2,1H3/b3-2-,9-7?,10-6?,11-5?. The smallest absolute Gasteiger partial charge is 0.109 e. The predicted octanol–water partition coefficient (Wildman–Crippen LogP) is 1.11. The van der Waals surface area contributed by atoms with Gasteiger partial charge in [0.2, 0.25) is 0 Å². The van der Waals surface area contributed by atoms with Crippen molar-refractivity contribution in [1.82, 2.24) is 0 Å². The number of rotatable bonds is 0. The van der Waals surface area contributed by atoms with Crippen LogP contribution in [0.25, 0.3) is 0 Å². The molecule has 3 heteroatoms. The first-order valence-electron chi connectivity index (χ1n) is 3.59. The van der Waals surface area contributed by atoms with Gasteiger partial charge in [0.1, 0.15) is 6.34 Å². The molecule has 0 aromatic carbocycles. The summed E-state index contributed by atoms with van der Waals surface area (Å²) in [6.45, 7) is 2.65. The van der Waals surface area contributed by atoms with Crippen molar-refractivity contribution in [3.05, 3.63) is 12.2 Å². The van der Waals surface area contributed by atoms with Gasteiger partial charge in [0, 0.05) is 12.4 Å². The maximum absolute atomic E-state index is 4.16. The Morgan fingerprint density at radius 2 is 2.36 bits per heavy atom. The van der Waals surface area contributed by atoms with Crippen LogP contribution in [0.3, 0.4) is 0 Å². The molecule has 0 aromatic heterocycles. The number of nitrogens with zero attached hydrogens (tertiary/aromatic N) is 3. The first-order valence-corrected chi connectivity index (χ1v) is 3.59. The molecule has 11 heavy (non-hydrogen) atoms. The van der Waals surface area contributed by atoms with E-state index in [1.54, 1.807) is 18.8 Å². The van der Waals surface area contributed by atoms with E-state index in [-0.39, 0.29) is 6.04 Å². The Labute approximate surface area is 66.3 Å². The molecule has 1 aliphatic rings. The van der Waals surface area contributed by atoms with E-state index in [2.05, 4.69) is 15.0 Å². The minimum atomic E-state index is 0.143. The minimum absolute atomic E-state index is 0.143. The van der Waals surface area contributed by atoms with Gasteiger partial charge in [-0.1, -0.05) is 6.08 Å². The molecule has 0 aliphatic carbocycles. The van der Waals surface area contributed by atoms with Gasteiger partial charge in [-0.25, -0.2) is 4.99 Å². The van der Waals surface area contributed by atoms with Gasteiger partial charge in [0.25, 0.3) is 0 Å². The Bertz CT molecular complexity index is 191. The van der Waals surface area contributed by atoms with E-state index in [4.69, 9.17) is 0 Å². The van der Waals surface area contributed by atoms with Crippen molar-refractivity contribution in [2.24, 2.45) is 15.0 Å². The monoisotopic (exact) mass is 149 g/mol. The van der Waals surface area contributed by atoms with Crippen LogP contribution < -0.4 is 0 Å². The van der Waals surface area contributed by atoms with E-state index < -0.39 is 0 Å². The molecule has 1 aliphatic heterocycles. The average Bonchev–Trinajstić information content (AvgIpc) is 2.03. The third kappa shape index (κ3) is 3.45. The highest BCUT2D eigenvalue weighted by Gasteiger charge is 1.88. The summed E-state index contributed by atoms with van der Waals surface area (Å²) in [5, 5.41) is 0. The van der Waals surface area contributed by atoms with Crippen LogP contribution in [-0.4, -0.2) is 31.4 Å². The van der Waals surface area contributed by atoms with E-state index >= 15 is 0 Å². The minimum Gasteiger partial charge on any atom is -0.284 e. The van der Waals surface area contributed by atoms with Crippen molar-refractivity contribution in [3.8, 4) is 0 Å². The largest absolute Gasteiger partial charge is 0.284 e. The maximum atomic E-state index is 4.16. The Hall–Kier alpha value is -1.25. The fourth-order valence-corrected chi connectivity index (χ4v) is 0.664. The van der Waals surface area contributed by atoms with Gasteiger partial charge in [-0.3, -0.25) is 9.98 Å². The Kier molecular flexibility index (Phi) is 3.25. The van der Waals surface area contributed by atoms with Gasteiger partial charge >= 0.3 is 0 Å². The molecule has 1 atom stereocenters. The zero-order valence-electron chi connectivity index (χ0n) is 6.51. The quantitative estimate of drug-likeness (QED) is 0.495. The molecule has 0 spiro atoms. The van der Waals surface area contributed by atoms with Crippen LogP contribution in [0.15, 0.2) is 27.1 Å². The van der Waals surface area contributed by atoms with Crippen molar-refractivity contribution in [1.29, 1.82) is 0 Å². The number of aliphatic imine (C=N–C) groups is 3. The molecule has 0 radical (unpaired) electrons. The van der Waals surface area contributed by atoms with Gasteiger partial charge in [0.05, 0.1) is 12.6 Å². The lowest BCUT2D eigenvalue weighted by atomic mass is 10.4. The molecular weight excluding hydrogens is 138 g/mol. The van der Waals surface area contributed by atoms with Gasteiger partial charge < -0.3 is 0 Å². The summed E-state index contributed by atoms with van der Waals surface area (Å²) < 4.78 is 0. The topological polar surface area (TPSA) is 37.1 Å². The highest BCUT2D eigenvalue weighted by Crippen LogP contribution is 1.85. The lowest BCUT2D eigenvalue weighted by molar-refractivity contribution is 1.00. The normalized spacial score (nSPS) is 26.8. The van der Waals surface area contributed by atoms with Crippen LogP contribution in [0.1, 0.15) is 6.92 Å². The molecule has 0 saturated heterocycles. The molecule has 0 bridgehead atoms. The Morgan fingerprint density at radius 3 is 3.27 bits per heavy atom. The molecule has 0 aromatic rings. The zero-order chi connectivity index (χ0) is 7.94. The van der Waals surface area contributed by atoms with Crippen LogP contribution in [0.4, 0.5) is 0 Å². The first-order chi connectivity index (χ1) is 5.39. The predicted molar refractivity (Wildman–Crippen MR) is 48.9 cm³/mol. The van der Waals surface area contributed by atoms with E-state index in [1.165, 1.54) is 0 Å². The van der Waals surface area contributed by atoms with Crippen LogP contribution in [0.5, 0.6) is 0 Å². The SMILES string of the molecule is CC1C=NC=NC/C=C\C=N1. The molecule has 1 rings (SSSR count). The summed E-state index contributed by atoms with van der Waals surface area (Å²) in [5.74, 6) is 0. The maximum Gasteiger partial charge on any atom is 0.109 e.